The maximum atomic E-state index is 9.49. The molecule has 0 unspecified atom stereocenters. The summed E-state index contributed by atoms with van der Waals surface area (Å²) in [5.74, 6) is 1.83. The third kappa shape index (κ3) is 1.59. The maximum Gasteiger partial charge on any atom is 0.231 e. The van der Waals surface area contributed by atoms with Crippen LogP contribution in [0.15, 0.2) is 18.2 Å². The second-order valence-electron chi connectivity index (χ2n) is 2.81. The average molecular weight is 198 g/mol. The van der Waals surface area contributed by atoms with Crippen LogP contribution in [0.25, 0.3) is 0 Å². The molecule has 0 bridgehead atoms. The van der Waals surface area contributed by atoms with Crippen molar-refractivity contribution in [1.29, 1.82) is 0 Å². The highest BCUT2D eigenvalue weighted by molar-refractivity contribution is 7.80. The lowest BCUT2D eigenvalue weighted by Gasteiger charge is -2.07. The van der Waals surface area contributed by atoms with E-state index in [1.807, 2.05) is 6.07 Å². The first-order valence-corrected chi connectivity index (χ1v) is 4.63. The molecule has 1 atom stereocenters. The SMILES string of the molecule is O[C@H](CS)c1ccc2c(c1)OCO2. The maximum absolute atomic E-state index is 9.49. The molecule has 0 aliphatic carbocycles. The van der Waals surface area contributed by atoms with E-state index in [0.29, 0.717) is 11.5 Å². The Balaban J connectivity index is 2.30. The first-order valence-electron chi connectivity index (χ1n) is 3.99. The van der Waals surface area contributed by atoms with Crippen LogP contribution in [0.2, 0.25) is 0 Å². The zero-order chi connectivity index (χ0) is 9.26. The molecule has 0 amide bonds. The Morgan fingerprint density at radius 1 is 1.38 bits per heavy atom. The van der Waals surface area contributed by atoms with Crippen molar-refractivity contribution in [1.82, 2.24) is 0 Å². The highest BCUT2D eigenvalue weighted by Gasteiger charge is 2.15. The largest absolute Gasteiger partial charge is 0.454 e. The predicted octanol–water partition coefficient (Wildman–Crippen LogP) is 1.38. The molecule has 13 heavy (non-hydrogen) atoms. The number of ether oxygens (including phenoxy) is 2. The molecule has 0 spiro atoms. The van der Waals surface area contributed by atoms with Crippen LogP contribution in [0.3, 0.4) is 0 Å². The molecule has 1 aromatic rings. The van der Waals surface area contributed by atoms with Gasteiger partial charge in [-0.2, -0.15) is 12.6 Å². The average Bonchev–Trinajstić information content (AvgIpc) is 2.63. The molecular formula is C9H10O3S. The van der Waals surface area contributed by atoms with Crippen LogP contribution in [-0.2, 0) is 0 Å². The Labute approximate surface area is 81.7 Å². The van der Waals surface area contributed by atoms with E-state index in [2.05, 4.69) is 12.6 Å². The lowest BCUT2D eigenvalue weighted by Crippen LogP contribution is -1.98. The Bertz CT molecular complexity index is 314. The van der Waals surface area contributed by atoms with Gasteiger partial charge in [0.2, 0.25) is 6.79 Å². The highest BCUT2D eigenvalue weighted by atomic mass is 32.1. The van der Waals surface area contributed by atoms with E-state index in [4.69, 9.17) is 9.47 Å². The number of aliphatic hydroxyl groups is 1. The molecule has 0 saturated carbocycles. The fraction of sp³-hybridized carbons (Fsp3) is 0.333. The Kier molecular flexibility index (Phi) is 2.33. The summed E-state index contributed by atoms with van der Waals surface area (Å²) in [6.07, 6.45) is -0.544. The Hall–Kier alpha value is -0.870. The lowest BCUT2D eigenvalue weighted by molar-refractivity contribution is 0.173. The van der Waals surface area contributed by atoms with Crippen LogP contribution in [0, 0.1) is 0 Å². The number of aliphatic hydroxyl groups excluding tert-OH is 1. The van der Waals surface area contributed by atoms with Crippen molar-refractivity contribution >= 4 is 12.6 Å². The standard InChI is InChI=1S/C9H10O3S/c10-7(4-13)6-1-2-8-9(3-6)12-5-11-8/h1-3,7,10,13H,4-5H2/t7-/m1/s1. The van der Waals surface area contributed by atoms with Crippen molar-refractivity contribution in [2.24, 2.45) is 0 Å². The normalized spacial score (nSPS) is 15.8. The van der Waals surface area contributed by atoms with Gasteiger partial charge in [-0.05, 0) is 17.7 Å². The van der Waals surface area contributed by atoms with Crippen molar-refractivity contribution in [3.8, 4) is 11.5 Å². The molecule has 1 aromatic carbocycles. The summed E-state index contributed by atoms with van der Waals surface area (Å²) in [4.78, 5) is 0. The summed E-state index contributed by atoms with van der Waals surface area (Å²) in [5.41, 5.74) is 0.805. The molecule has 1 heterocycles. The number of hydrogen-bond acceptors (Lipinski definition) is 4. The van der Waals surface area contributed by atoms with Gasteiger partial charge >= 0.3 is 0 Å². The first kappa shape index (κ1) is 8.72. The first-order chi connectivity index (χ1) is 6.31. The fourth-order valence-corrected chi connectivity index (χ4v) is 1.44. The van der Waals surface area contributed by atoms with Crippen molar-refractivity contribution in [3.05, 3.63) is 23.8 Å². The van der Waals surface area contributed by atoms with Gasteiger partial charge in [0.1, 0.15) is 0 Å². The molecule has 0 fully saturated rings. The molecule has 4 heteroatoms. The van der Waals surface area contributed by atoms with Crippen molar-refractivity contribution in [2.75, 3.05) is 12.5 Å². The quantitative estimate of drug-likeness (QED) is 0.705. The number of hydrogen-bond donors (Lipinski definition) is 2. The number of rotatable bonds is 2. The molecule has 2 rings (SSSR count). The van der Waals surface area contributed by atoms with Crippen LogP contribution >= 0.6 is 12.6 Å². The number of thiol groups is 1. The summed E-state index contributed by atoms with van der Waals surface area (Å²) in [5, 5.41) is 9.49. The number of fused-ring (bicyclic) bond motifs is 1. The van der Waals surface area contributed by atoms with Crippen molar-refractivity contribution < 1.29 is 14.6 Å². The second-order valence-corrected chi connectivity index (χ2v) is 3.18. The summed E-state index contributed by atoms with van der Waals surface area (Å²) >= 11 is 4.01. The van der Waals surface area contributed by atoms with Gasteiger partial charge in [-0.15, -0.1) is 0 Å². The van der Waals surface area contributed by atoms with Gasteiger partial charge in [0.25, 0.3) is 0 Å². The monoisotopic (exact) mass is 198 g/mol. The van der Waals surface area contributed by atoms with Crippen LogP contribution in [0.4, 0.5) is 0 Å². The third-order valence-corrected chi connectivity index (χ3v) is 2.30. The summed E-state index contributed by atoms with van der Waals surface area (Å²) in [7, 11) is 0. The molecule has 3 nitrogen and oxygen atoms in total. The Morgan fingerprint density at radius 3 is 2.92 bits per heavy atom. The molecule has 0 saturated heterocycles. The second kappa shape index (κ2) is 3.47. The van der Waals surface area contributed by atoms with Crippen LogP contribution < -0.4 is 9.47 Å². The highest BCUT2D eigenvalue weighted by Crippen LogP contribution is 2.34. The zero-order valence-electron chi connectivity index (χ0n) is 6.93. The van der Waals surface area contributed by atoms with E-state index >= 15 is 0 Å². The van der Waals surface area contributed by atoms with E-state index < -0.39 is 6.10 Å². The molecule has 0 aromatic heterocycles. The van der Waals surface area contributed by atoms with E-state index in [0.717, 1.165) is 11.3 Å². The van der Waals surface area contributed by atoms with Crippen molar-refractivity contribution in [3.63, 3.8) is 0 Å². The molecule has 1 aliphatic heterocycles. The van der Waals surface area contributed by atoms with Gasteiger partial charge < -0.3 is 14.6 Å². The van der Waals surface area contributed by atoms with Crippen LogP contribution in [-0.4, -0.2) is 17.7 Å². The summed E-state index contributed by atoms with van der Waals surface area (Å²) in [6, 6.07) is 5.39. The smallest absolute Gasteiger partial charge is 0.231 e. The molecule has 1 N–H and O–H groups in total. The van der Waals surface area contributed by atoms with Crippen LogP contribution in [0.1, 0.15) is 11.7 Å². The van der Waals surface area contributed by atoms with E-state index in [1.54, 1.807) is 12.1 Å². The van der Waals surface area contributed by atoms with Crippen molar-refractivity contribution in [2.45, 2.75) is 6.10 Å². The summed E-state index contributed by atoms with van der Waals surface area (Å²) in [6.45, 7) is 0.260. The molecule has 0 radical (unpaired) electrons. The molecule has 1 aliphatic rings. The predicted molar refractivity (Wildman–Crippen MR) is 51.4 cm³/mol. The third-order valence-electron chi connectivity index (χ3n) is 1.95. The van der Waals surface area contributed by atoms with E-state index in [1.165, 1.54) is 0 Å². The van der Waals surface area contributed by atoms with Gasteiger partial charge in [0, 0.05) is 5.75 Å². The van der Waals surface area contributed by atoms with Gasteiger partial charge in [-0.1, -0.05) is 6.07 Å². The Morgan fingerprint density at radius 2 is 2.15 bits per heavy atom. The van der Waals surface area contributed by atoms with Gasteiger partial charge in [-0.3, -0.25) is 0 Å². The minimum Gasteiger partial charge on any atom is -0.454 e. The zero-order valence-corrected chi connectivity index (χ0v) is 7.83. The lowest BCUT2D eigenvalue weighted by atomic mass is 10.1. The molecule has 70 valence electrons. The minimum atomic E-state index is -0.544. The van der Waals surface area contributed by atoms with Crippen LogP contribution in [0.5, 0.6) is 11.5 Å². The van der Waals surface area contributed by atoms with E-state index in [-0.39, 0.29) is 6.79 Å². The minimum absolute atomic E-state index is 0.260. The topological polar surface area (TPSA) is 38.7 Å². The fourth-order valence-electron chi connectivity index (χ4n) is 1.23. The van der Waals surface area contributed by atoms with Gasteiger partial charge in [-0.25, -0.2) is 0 Å². The summed E-state index contributed by atoms with van der Waals surface area (Å²) < 4.78 is 10.3. The number of benzene rings is 1. The van der Waals surface area contributed by atoms with E-state index in [9.17, 15) is 5.11 Å². The van der Waals surface area contributed by atoms with Gasteiger partial charge in [0.05, 0.1) is 6.10 Å². The molecular weight excluding hydrogens is 188 g/mol. The van der Waals surface area contributed by atoms with Gasteiger partial charge in [0.15, 0.2) is 11.5 Å².